The molecule has 1 aliphatic rings. The normalized spacial score (nSPS) is 32.9. The highest BCUT2D eigenvalue weighted by Crippen LogP contribution is 2.27. The maximum atomic E-state index is 11.6. The second kappa shape index (κ2) is 4.41. The summed E-state index contributed by atoms with van der Waals surface area (Å²) in [5, 5.41) is 31.8. The summed E-state index contributed by atoms with van der Waals surface area (Å²) >= 11 is 0. The zero-order valence-electron chi connectivity index (χ0n) is 8.80. The van der Waals surface area contributed by atoms with E-state index in [1.165, 1.54) is 6.20 Å². The van der Waals surface area contributed by atoms with E-state index in [0.29, 0.717) is 0 Å². The predicted octanol–water partition coefficient (Wildman–Crippen LogP) is -2.56. The smallest absolute Gasteiger partial charge is 0.271 e. The first-order valence-electron chi connectivity index (χ1n) is 5.01. The Labute approximate surface area is 95.9 Å². The molecular formula is C9H13N3O5. The molecule has 1 aromatic rings. The number of ether oxygens (including phenoxy) is 1. The molecule has 1 fully saturated rings. The van der Waals surface area contributed by atoms with Crippen LogP contribution in [0.15, 0.2) is 17.1 Å². The minimum absolute atomic E-state index is 0.193. The Morgan fingerprint density at radius 2 is 2.18 bits per heavy atom. The first-order chi connectivity index (χ1) is 8.04. The van der Waals surface area contributed by atoms with E-state index < -0.39 is 36.7 Å². The van der Waals surface area contributed by atoms with Crippen molar-refractivity contribution in [3.05, 3.63) is 22.6 Å². The highest BCUT2D eigenvalue weighted by atomic mass is 16.6. The lowest BCUT2D eigenvalue weighted by Gasteiger charge is -2.15. The Bertz CT molecular complexity index is 462. The van der Waals surface area contributed by atoms with E-state index in [0.717, 1.165) is 10.7 Å². The highest BCUT2D eigenvalue weighted by Gasteiger charge is 2.44. The molecule has 2 rings (SSSR count). The average Bonchev–Trinajstić information content (AvgIpc) is 2.57. The largest absolute Gasteiger partial charge is 0.397 e. The molecule has 1 aromatic heterocycles. The van der Waals surface area contributed by atoms with Crippen LogP contribution in [0.5, 0.6) is 0 Å². The van der Waals surface area contributed by atoms with Crippen molar-refractivity contribution in [2.45, 2.75) is 24.5 Å². The van der Waals surface area contributed by atoms with Crippen molar-refractivity contribution in [1.29, 1.82) is 0 Å². The van der Waals surface area contributed by atoms with Crippen LogP contribution in [-0.2, 0) is 4.74 Å². The van der Waals surface area contributed by atoms with Gasteiger partial charge in [0.25, 0.3) is 5.56 Å². The van der Waals surface area contributed by atoms with Crippen LogP contribution in [-0.4, -0.2) is 50.0 Å². The zero-order valence-corrected chi connectivity index (χ0v) is 8.80. The molecular weight excluding hydrogens is 230 g/mol. The predicted molar refractivity (Wildman–Crippen MR) is 55.9 cm³/mol. The first kappa shape index (κ1) is 12.0. The number of nitrogens with two attached hydrogens (primary N) is 1. The van der Waals surface area contributed by atoms with Crippen molar-refractivity contribution in [3.8, 4) is 0 Å². The van der Waals surface area contributed by atoms with Crippen molar-refractivity contribution < 1.29 is 20.1 Å². The van der Waals surface area contributed by atoms with Crippen LogP contribution in [0.2, 0.25) is 0 Å². The lowest BCUT2D eigenvalue weighted by atomic mass is 10.1. The number of aliphatic hydroxyl groups is 3. The molecule has 0 bridgehead atoms. The topological polar surface area (TPSA) is 131 Å². The summed E-state index contributed by atoms with van der Waals surface area (Å²) in [6.45, 7) is -0.460. The third-order valence-corrected chi connectivity index (χ3v) is 2.61. The summed E-state index contributed by atoms with van der Waals surface area (Å²) in [7, 11) is 0. The van der Waals surface area contributed by atoms with Gasteiger partial charge in [-0.2, -0.15) is 9.78 Å². The van der Waals surface area contributed by atoms with Crippen molar-refractivity contribution in [1.82, 2.24) is 9.78 Å². The second-order valence-corrected chi connectivity index (χ2v) is 3.80. The molecule has 0 saturated carbocycles. The molecule has 8 heteroatoms. The van der Waals surface area contributed by atoms with Gasteiger partial charge in [0.1, 0.15) is 18.3 Å². The van der Waals surface area contributed by atoms with Gasteiger partial charge in [0.15, 0.2) is 6.23 Å². The fraction of sp³-hybridized carbons (Fsp3) is 0.556. The Balaban J connectivity index is 2.32. The third kappa shape index (κ3) is 2.03. The van der Waals surface area contributed by atoms with Gasteiger partial charge in [-0.05, 0) is 0 Å². The maximum Gasteiger partial charge on any atom is 0.271 e. The molecule has 0 radical (unpaired) electrons. The summed E-state index contributed by atoms with van der Waals surface area (Å²) < 4.78 is 6.03. The molecule has 4 atom stereocenters. The molecule has 17 heavy (non-hydrogen) atoms. The van der Waals surface area contributed by atoms with Crippen LogP contribution in [0.3, 0.4) is 0 Å². The first-order valence-corrected chi connectivity index (χ1v) is 5.01. The van der Waals surface area contributed by atoms with Gasteiger partial charge in [-0.15, -0.1) is 0 Å². The summed E-state index contributed by atoms with van der Waals surface area (Å²) in [6, 6.07) is 1.13. The maximum absolute atomic E-state index is 11.6. The van der Waals surface area contributed by atoms with Crippen molar-refractivity contribution in [2.24, 2.45) is 0 Å². The molecule has 5 N–H and O–H groups in total. The Hall–Kier alpha value is -1.48. The van der Waals surface area contributed by atoms with Crippen LogP contribution in [0.1, 0.15) is 6.23 Å². The van der Waals surface area contributed by atoms with E-state index in [1.807, 2.05) is 0 Å². The van der Waals surface area contributed by atoms with Crippen molar-refractivity contribution in [2.75, 3.05) is 12.3 Å². The number of nitrogen functional groups attached to an aromatic ring is 1. The molecule has 0 amide bonds. The number of hydrogen-bond acceptors (Lipinski definition) is 7. The number of rotatable bonds is 2. The molecule has 0 aliphatic carbocycles. The monoisotopic (exact) mass is 243 g/mol. The van der Waals surface area contributed by atoms with Gasteiger partial charge in [-0.25, -0.2) is 0 Å². The third-order valence-electron chi connectivity index (χ3n) is 2.61. The fourth-order valence-electron chi connectivity index (χ4n) is 1.70. The molecule has 1 saturated heterocycles. The van der Waals surface area contributed by atoms with Gasteiger partial charge >= 0.3 is 0 Å². The molecule has 4 unspecified atom stereocenters. The lowest BCUT2D eigenvalue weighted by molar-refractivity contribution is -0.0609. The minimum Gasteiger partial charge on any atom is -0.397 e. The quantitative estimate of drug-likeness (QED) is 0.449. The standard InChI is InChI=1S/C9H13N3O5/c10-4-1-6(14)12(11-2-4)9-8(16)7(15)5(3-13)17-9/h1-2,5,7-9,13,15-16H,3,10H2. The van der Waals surface area contributed by atoms with Gasteiger partial charge in [-0.1, -0.05) is 0 Å². The average molecular weight is 243 g/mol. The van der Waals surface area contributed by atoms with Gasteiger partial charge in [0, 0.05) is 6.07 Å². The lowest BCUT2D eigenvalue weighted by Crippen LogP contribution is -2.36. The summed E-state index contributed by atoms with van der Waals surface area (Å²) in [5.74, 6) is 0. The number of anilines is 1. The molecule has 94 valence electrons. The number of aromatic nitrogens is 2. The highest BCUT2D eigenvalue weighted by molar-refractivity contribution is 5.31. The second-order valence-electron chi connectivity index (χ2n) is 3.80. The molecule has 0 aromatic carbocycles. The molecule has 0 spiro atoms. The van der Waals surface area contributed by atoms with Crippen molar-refractivity contribution >= 4 is 5.69 Å². The van der Waals surface area contributed by atoms with Gasteiger partial charge in [0.2, 0.25) is 0 Å². The van der Waals surface area contributed by atoms with E-state index in [9.17, 15) is 15.0 Å². The van der Waals surface area contributed by atoms with E-state index in [1.54, 1.807) is 0 Å². The minimum atomic E-state index is -1.33. The summed E-state index contributed by atoms with van der Waals surface area (Å²) in [5.41, 5.74) is 5.01. The van der Waals surface area contributed by atoms with Crippen LogP contribution in [0.25, 0.3) is 0 Å². The number of hydrogen-bond donors (Lipinski definition) is 4. The molecule has 1 aliphatic heterocycles. The Kier molecular flexibility index (Phi) is 3.11. The van der Waals surface area contributed by atoms with E-state index in [4.69, 9.17) is 15.6 Å². The number of nitrogens with zero attached hydrogens (tertiary/aromatic N) is 2. The summed E-state index contributed by atoms with van der Waals surface area (Å²) in [4.78, 5) is 11.6. The van der Waals surface area contributed by atoms with E-state index in [-0.39, 0.29) is 5.69 Å². The van der Waals surface area contributed by atoms with Gasteiger partial charge in [-0.3, -0.25) is 4.79 Å². The Morgan fingerprint density at radius 1 is 1.47 bits per heavy atom. The zero-order chi connectivity index (χ0) is 12.6. The van der Waals surface area contributed by atoms with Gasteiger partial charge in [0.05, 0.1) is 18.5 Å². The van der Waals surface area contributed by atoms with Gasteiger partial charge < -0.3 is 25.8 Å². The fourth-order valence-corrected chi connectivity index (χ4v) is 1.70. The SMILES string of the molecule is Nc1cnn(C2OC(CO)C(O)C2O)c(=O)c1. The Morgan fingerprint density at radius 3 is 2.71 bits per heavy atom. The van der Waals surface area contributed by atoms with Crippen LogP contribution < -0.4 is 11.3 Å². The summed E-state index contributed by atoms with van der Waals surface area (Å²) in [6.07, 6.45) is -3.44. The van der Waals surface area contributed by atoms with Crippen LogP contribution in [0, 0.1) is 0 Å². The number of aliphatic hydroxyl groups excluding tert-OH is 3. The van der Waals surface area contributed by atoms with E-state index in [2.05, 4.69) is 5.10 Å². The van der Waals surface area contributed by atoms with E-state index >= 15 is 0 Å². The van der Waals surface area contributed by atoms with Crippen molar-refractivity contribution in [3.63, 3.8) is 0 Å². The molecule has 8 nitrogen and oxygen atoms in total. The van der Waals surface area contributed by atoms with Crippen LogP contribution >= 0.6 is 0 Å². The van der Waals surface area contributed by atoms with Crippen LogP contribution in [0.4, 0.5) is 5.69 Å². The molecule has 2 heterocycles.